The normalized spacial score (nSPS) is 10.9. The van der Waals surface area contributed by atoms with E-state index in [1.54, 1.807) is 16.4 Å². The van der Waals surface area contributed by atoms with Crippen molar-refractivity contribution in [3.05, 3.63) is 63.1 Å². The summed E-state index contributed by atoms with van der Waals surface area (Å²) in [6, 6.07) is 13.7. The van der Waals surface area contributed by atoms with E-state index in [2.05, 4.69) is 42.8 Å². The number of ether oxygens (including phenoxy) is 1. The van der Waals surface area contributed by atoms with Crippen LogP contribution in [0.25, 0.3) is 0 Å². The van der Waals surface area contributed by atoms with Crippen LogP contribution in [0.5, 0.6) is 5.75 Å². The molecule has 0 unspecified atom stereocenters. The van der Waals surface area contributed by atoms with Crippen molar-refractivity contribution in [3.8, 4) is 5.75 Å². The molecule has 0 aliphatic rings. The van der Waals surface area contributed by atoms with Gasteiger partial charge in [0, 0.05) is 40.9 Å². The van der Waals surface area contributed by atoms with E-state index >= 15 is 0 Å². The van der Waals surface area contributed by atoms with Gasteiger partial charge in [-0.3, -0.25) is 0 Å². The van der Waals surface area contributed by atoms with Gasteiger partial charge in [-0.25, -0.2) is 4.68 Å². The van der Waals surface area contributed by atoms with Crippen molar-refractivity contribution in [2.24, 2.45) is 7.05 Å². The lowest BCUT2D eigenvalue weighted by atomic mass is 10.2. The standard InChI is InChI=1S/C18H19BrClN5OS/c1-25-18(22-23-24-25)27-8-7-21-11-14-10-15(19)5-6-17(14)26-12-13-3-2-4-16(20)9-13/h2-6,9-10,21H,7-8,11-12H2,1H3. The third-order valence-electron chi connectivity index (χ3n) is 3.71. The Morgan fingerprint density at radius 3 is 2.93 bits per heavy atom. The highest BCUT2D eigenvalue weighted by atomic mass is 79.9. The SMILES string of the molecule is Cn1nnnc1SCCNCc1cc(Br)ccc1OCc1cccc(Cl)c1. The molecule has 27 heavy (non-hydrogen) atoms. The van der Waals surface area contributed by atoms with Crippen LogP contribution < -0.4 is 10.1 Å². The van der Waals surface area contributed by atoms with Crippen LogP contribution in [0.15, 0.2) is 52.1 Å². The zero-order chi connectivity index (χ0) is 19.1. The Morgan fingerprint density at radius 2 is 2.15 bits per heavy atom. The number of nitrogens with one attached hydrogen (secondary N) is 1. The molecule has 0 aliphatic heterocycles. The molecule has 6 nitrogen and oxygen atoms in total. The molecular formula is C18H19BrClN5OS. The number of rotatable bonds is 9. The fourth-order valence-corrected chi connectivity index (χ4v) is 3.76. The molecule has 0 spiro atoms. The number of nitrogens with zero attached hydrogens (tertiary/aromatic N) is 4. The molecule has 0 fully saturated rings. The lowest BCUT2D eigenvalue weighted by molar-refractivity contribution is 0.302. The van der Waals surface area contributed by atoms with Gasteiger partial charge in [-0.15, -0.1) is 5.10 Å². The average Bonchev–Trinajstić information content (AvgIpc) is 3.06. The molecule has 0 bridgehead atoms. The summed E-state index contributed by atoms with van der Waals surface area (Å²) in [5.74, 6) is 1.73. The quantitative estimate of drug-likeness (QED) is 0.377. The Morgan fingerprint density at radius 1 is 1.26 bits per heavy atom. The molecule has 0 atom stereocenters. The first-order valence-corrected chi connectivity index (χ1v) is 10.5. The smallest absolute Gasteiger partial charge is 0.209 e. The molecule has 0 amide bonds. The van der Waals surface area contributed by atoms with Gasteiger partial charge in [0.2, 0.25) is 5.16 Å². The number of aromatic nitrogens is 4. The van der Waals surface area contributed by atoms with Gasteiger partial charge in [0.25, 0.3) is 0 Å². The predicted octanol–water partition coefficient (Wildman–Crippen LogP) is 4.09. The minimum Gasteiger partial charge on any atom is -0.489 e. The van der Waals surface area contributed by atoms with Crippen LogP contribution in [0.4, 0.5) is 0 Å². The van der Waals surface area contributed by atoms with Gasteiger partial charge in [0.15, 0.2) is 0 Å². The molecule has 0 saturated carbocycles. The van der Waals surface area contributed by atoms with Crippen molar-refractivity contribution in [2.75, 3.05) is 12.3 Å². The molecule has 9 heteroatoms. The lowest BCUT2D eigenvalue weighted by Gasteiger charge is -2.13. The van der Waals surface area contributed by atoms with Crippen LogP contribution in [0.3, 0.4) is 0 Å². The van der Waals surface area contributed by atoms with Gasteiger partial charge in [0.1, 0.15) is 12.4 Å². The molecule has 2 aromatic carbocycles. The van der Waals surface area contributed by atoms with Crippen LogP contribution in [0.1, 0.15) is 11.1 Å². The van der Waals surface area contributed by atoms with Gasteiger partial charge in [0.05, 0.1) is 0 Å². The largest absolute Gasteiger partial charge is 0.489 e. The molecule has 0 aliphatic carbocycles. The Bertz CT molecular complexity index is 892. The summed E-state index contributed by atoms with van der Waals surface area (Å²) in [4.78, 5) is 0. The van der Waals surface area contributed by atoms with Gasteiger partial charge < -0.3 is 10.1 Å². The first kappa shape index (κ1) is 20.1. The Kier molecular flexibility index (Phi) is 7.51. The summed E-state index contributed by atoms with van der Waals surface area (Å²) >= 11 is 11.2. The van der Waals surface area contributed by atoms with Gasteiger partial charge >= 0.3 is 0 Å². The van der Waals surface area contributed by atoms with Crippen molar-refractivity contribution in [3.63, 3.8) is 0 Å². The Hall–Kier alpha value is -1.61. The van der Waals surface area contributed by atoms with Gasteiger partial charge in [-0.2, -0.15) is 0 Å². The number of benzene rings is 2. The fraction of sp³-hybridized carbons (Fsp3) is 0.278. The second-order valence-corrected chi connectivity index (χ2v) is 8.20. The van der Waals surface area contributed by atoms with Crippen LogP contribution in [-0.4, -0.2) is 32.5 Å². The third-order valence-corrected chi connectivity index (χ3v) is 5.45. The van der Waals surface area contributed by atoms with Crippen molar-refractivity contribution in [1.82, 2.24) is 25.5 Å². The molecule has 1 aromatic heterocycles. The monoisotopic (exact) mass is 467 g/mol. The van der Waals surface area contributed by atoms with Crippen molar-refractivity contribution in [2.45, 2.75) is 18.3 Å². The zero-order valence-electron chi connectivity index (χ0n) is 14.7. The number of tetrazole rings is 1. The highest BCUT2D eigenvalue weighted by Crippen LogP contribution is 2.24. The fourth-order valence-electron chi connectivity index (χ4n) is 2.40. The van der Waals surface area contributed by atoms with E-state index in [1.165, 1.54) is 0 Å². The van der Waals surface area contributed by atoms with E-state index in [1.807, 2.05) is 43.4 Å². The molecule has 142 valence electrons. The maximum atomic E-state index is 6.04. The summed E-state index contributed by atoms with van der Waals surface area (Å²) in [7, 11) is 1.83. The van der Waals surface area contributed by atoms with Crippen molar-refractivity contribution >= 4 is 39.3 Å². The molecule has 1 N–H and O–H groups in total. The van der Waals surface area contributed by atoms with E-state index in [9.17, 15) is 0 Å². The Balaban J connectivity index is 1.51. The number of hydrogen-bond acceptors (Lipinski definition) is 6. The second kappa shape index (κ2) is 10.1. The minimum absolute atomic E-state index is 0.476. The summed E-state index contributed by atoms with van der Waals surface area (Å²) in [5, 5.41) is 16.4. The maximum Gasteiger partial charge on any atom is 0.209 e. The van der Waals surface area contributed by atoms with E-state index in [0.29, 0.717) is 18.2 Å². The highest BCUT2D eigenvalue weighted by molar-refractivity contribution is 9.10. The molecule has 0 radical (unpaired) electrons. The average molecular weight is 469 g/mol. The van der Waals surface area contributed by atoms with E-state index < -0.39 is 0 Å². The number of halogens is 2. The number of thioether (sulfide) groups is 1. The maximum absolute atomic E-state index is 6.04. The van der Waals surface area contributed by atoms with E-state index in [-0.39, 0.29) is 0 Å². The topological polar surface area (TPSA) is 64.9 Å². The highest BCUT2D eigenvalue weighted by Gasteiger charge is 2.07. The summed E-state index contributed by atoms with van der Waals surface area (Å²) in [6.45, 7) is 2.02. The van der Waals surface area contributed by atoms with Gasteiger partial charge in [-0.1, -0.05) is 51.4 Å². The van der Waals surface area contributed by atoms with Gasteiger partial charge in [-0.05, 0) is 46.3 Å². The van der Waals surface area contributed by atoms with Crippen molar-refractivity contribution < 1.29 is 4.74 Å². The minimum atomic E-state index is 0.476. The van der Waals surface area contributed by atoms with E-state index in [4.69, 9.17) is 16.3 Å². The van der Waals surface area contributed by atoms with Crippen LogP contribution in [0.2, 0.25) is 5.02 Å². The molecule has 3 aromatic rings. The molecule has 3 rings (SSSR count). The van der Waals surface area contributed by atoms with Crippen molar-refractivity contribution in [1.29, 1.82) is 0 Å². The molecule has 0 saturated heterocycles. The lowest BCUT2D eigenvalue weighted by Crippen LogP contribution is -2.17. The second-order valence-electron chi connectivity index (χ2n) is 5.78. The zero-order valence-corrected chi connectivity index (χ0v) is 17.9. The van der Waals surface area contributed by atoms with Crippen LogP contribution in [0, 0.1) is 0 Å². The summed E-state index contributed by atoms with van der Waals surface area (Å²) < 4.78 is 8.70. The molecule has 1 heterocycles. The number of aryl methyl sites for hydroxylation is 1. The third kappa shape index (κ3) is 6.21. The Labute approximate surface area is 175 Å². The van der Waals surface area contributed by atoms with Crippen LogP contribution >= 0.6 is 39.3 Å². The van der Waals surface area contributed by atoms with Crippen LogP contribution in [-0.2, 0) is 20.2 Å². The predicted molar refractivity (Wildman–Crippen MR) is 111 cm³/mol. The summed E-state index contributed by atoms with van der Waals surface area (Å²) in [6.07, 6.45) is 0. The first-order chi connectivity index (χ1) is 13.1. The first-order valence-electron chi connectivity index (χ1n) is 8.33. The number of hydrogen-bond donors (Lipinski definition) is 1. The molecular weight excluding hydrogens is 450 g/mol. The van der Waals surface area contributed by atoms with E-state index in [0.717, 1.165) is 38.8 Å². The summed E-state index contributed by atoms with van der Waals surface area (Å²) in [5.41, 5.74) is 2.13.